The first-order valence-corrected chi connectivity index (χ1v) is 9.67. The maximum absolute atomic E-state index is 12.3. The predicted molar refractivity (Wildman–Crippen MR) is 105 cm³/mol. The van der Waals surface area contributed by atoms with E-state index in [0.29, 0.717) is 22.4 Å². The molecule has 2 aliphatic heterocycles. The molecule has 134 valence electrons. The highest BCUT2D eigenvalue weighted by Gasteiger charge is 2.36. The van der Waals surface area contributed by atoms with Crippen molar-refractivity contribution in [3.8, 4) is 0 Å². The molecule has 1 aromatic carbocycles. The van der Waals surface area contributed by atoms with Crippen LogP contribution in [-0.4, -0.2) is 35.2 Å². The lowest BCUT2D eigenvalue weighted by Crippen LogP contribution is -2.45. The Balaban J connectivity index is 2.04. The first kappa shape index (κ1) is 18.3. The van der Waals surface area contributed by atoms with Crippen molar-refractivity contribution in [2.45, 2.75) is 45.6 Å². The van der Waals surface area contributed by atoms with Crippen molar-refractivity contribution >= 4 is 46.3 Å². The fraction of sp³-hybridized carbons (Fsp3) is 0.474. The summed E-state index contributed by atoms with van der Waals surface area (Å²) in [5.74, 6) is 0.161. The van der Waals surface area contributed by atoms with Crippen molar-refractivity contribution < 1.29 is 9.59 Å². The summed E-state index contributed by atoms with van der Waals surface area (Å²) in [7, 11) is 2.09. The van der Waals surface area contributed by atoms with Crippen LogP contribution in [0.1, 0.15) is 51.2 Å². The first-order chi connectivity index (χ1) is 11.7. The number of benzene rings is 1. The van der Waals surface area contributed by atoms with Crippen molar-refractivity contribution in [1.82, 2.24) is 4.90 Å². The Morgan fingerprint density at radius 1 is 1.36 bits per heavy atom. The van der Waals surface area contributed by atoms with Gasteiger partial charge in [0.25, 0.3) is 11.1 Å². The molecule has 0 N–H and O–H groups in total. The van der Waals surface area contributed by atoms with Crippen molar-refractivity contribution in [2.75, 3.05) is 18.5 Å². The third-order valence-electron chi connectivity index (χ3n) is 5.23. The molecule has 4 nitrogen and oxygen atoms in total. The van der Waals surface area contributed by atoms with E-state index < -0.39 is 0 Å². The van der Waals surface area contributed by atoms with Gasteiger partial charge in [-0.25, -0.2) is 0 Å². The zero-order valence-corrected chi connectivity index (χ0v) is 16.8. The highest BCUT2D eigenvalue weighted by atomic mass is 35.5. The minimum absolute atomic E-state index is 0.0705. The molecule has 25 heavy (non-hydrogen) atoms. The summed E-state index contributed by atoms with van der Waals surface area (Å²) in [5.41, 5.74) is 3.22. The summed E-state index contributed by atoms with van der Waals surface area (Å²) < 4.78 is 0. The molecule has 1 saturated heterocycles. The van der Waals surface area contributed by atoms with E-state index in [0.717, 1.165) is 29.4 Å². The van der Waals surface area contributed by atoms with E-state index in [2.05, 4.69) is 38.8 Å². The van der Waals surface area contributed by atoms with Crippen LogP contribution in [0.25, 0.3) is 6.08 Å². The zero-order valence-electron chi connectivity index (χ0n) is 15.2. The third-order valence-corrected chi connectivity index (χ3v) is 6.46. The monoisotopic (exact) mass is 378 g/mol. The summed E-state index contributed by atoms with van der Waals surface area (Å²) in [6.45, 7) is 8.86. The lowest BCUT2D eigenvalue weighted by atomic mass is 9.80. The summed E-state index contributed by atoms with van der Waals surface area (Å²) >= 11 is 7.49. The van der Waals surface area contributed by atoms with Crippen LogP contribution >= 0.6 is 23.4 Å². The topological polar surface area (TPSA) is 40.6 Å². The number of thioether (sulfide) groups is 1. The Hall–Kier alpha value is -1.46. The molecular formula is C19H23ClN2O2S. The minimum Gasteiger partial charge on any atom is -0.369 e. The lowest BCUT2D eigenvalue weighted by molar-refractivity contribution is -0.122. The minimum atomic E-state index is -0.238. The Morgan fingerprint density at radius 3 is 2.64 bits per heavy atom. The predicted octanol–water partition coefficient (Wildman–Crippen LogP) is 5.12. The number of halogens is 1. The van der Waals surface area contributed by atoms with Crippen LogP contribution in [0.4, 0.5) is 10.5 Å². The molecule has 0 unspecified atom stereocenters. The van der Waals surface area contributed by atoms with E-state index in [4.69, 9.17) is 11.6 Å². The number of rotatable bonds is 2. The number of amides is 2. The number of carbonyl (C=O) groups excluding carboxylic acids is 2. The molecule has 2 heterocycles. The van der Waals surface area contributed by atoms with Crippen molar-refractivity contribution in [3.05, 3.63) is 33.2 Å². The van der Waals surface area contributed by atoms with Gasteiger partial charge in [0.2, 0.25) is 0 Å². The van der Waals surface area contributed by atoms with Crippen LogP contribution in [-0.2, 0) is 4.79 Å². The van der Waals surface area contributed by atoms with Crippen LogP contribution in [0.3, 0.4) is 0 Å². The number of imide groups is 1. The van der Waals surface area contributed by atoms with Crippen molar-refractivity contribution in [1.29, 1.82) is 0 Å². The second-order valence-corrected chi connectivity index (χ2v) is 8.74. The Bertz CT molecular complexity index is 788. The highest BCUT2D eigenvalue weighted by molar-refractivity contribution is 8.18. The van der Waals surface area contributed by atoms with Gasteiger partial charge in [-0.15, -0.1) is 0 Å². The van der Waals surface area contributed by atoms with Crippen LogP contribution in [0.5, 0.6) is 0 Å². The molecule has 0 bridgehead atoms. The SMILES string of the molecule is CCN1C(=O)S/C(=C\c2cc3c(cc2Cl)N(C)C(C)(C)C[C@H]3C)C1=O. The summed E-state index contributed by atoms with van der Waals surface area (Å²) in [6.07, 6.45) is 2.79. The molecular weight excluding hydrogens is 356 g/mol. The maximum atomic E-state index is 12.3. The van der Waals surface area contributed by atoms with Gasteiger partial charge < -0.3 is 4.90 Å². The van der Waals surface area contributed by atoms with Crippen molar-refractivity contribution in [2.24, 2.45) is 0 Å². The standard InChI is InChI=1S/C19H23ClN2O2S/c1-6-22-17(23)16(25-18(22)24)8-12-7-13-11(2)10-19(3,4)21(5)15(13)9-14(12)20/h7-9,11H,6,10H2,1-5H3/b16-8-/t11-/m1/s1. The van der Waals surface area contributed by atoms with Gasteiger partial charge in [-0.3, -0.25) is 14.5 Å². The molecule has 0 radical (unpaired) electrons. The molecule has 2 aliphatic rings. The fourth-order valence-electron chi connectivity index (χ4n) is 3.63. The van der Waals surface area contributed by atoms with E-state index in [-0.39, 0.29) is 16.7 Å². The van der Waals surface area contributed by atoms with Gasteiger partial charge >= 0.3 is 0 Å². The number of anilines is 1. The Morgan fingerprint density at radius 2 is 2.04 bits per heavy atom. The second-order valence-electron chi connectivity index (χ2n) is 7.34. The Labute approximate surface area is 158 Å². The molecule has 3 rings (SSSR count). The molecule has 1 aromatic rings. The number of nitrogens with zero attached hydrogens (tertiary/aromatic N) is 2. The molecule has 1 fully saturated rings. The van der Waals surface area contributed by atoms with Gasteiger partial charge in [0.15, 0.2) is 0 Å². The number of hydrogen-bond donors (Lipinski definition) is 0. The molecule has 0 aromatic heterocycles. The molecule has 0 aliphatic carbocycles. The molecule has 0 saturated carbocycles. The lowest BCUT2D eigenvalue weighted by Gasteiger charge is -2.45. The van der Waals surface area contributed by atoms with Gasteiger partial charge in [0.05, 0.1) is 4.91 Å². The number of fused-ring (bicyclic) bond motifs is 1. The van der Waals surface area contributed by atoms with E-state index in [1.54, 1.807) is 13.0 Å². The smallest absolute Gasteiger partial charge is 0.293 e. The fourth-order valence-corrected chi connectivity index (χ4v) is 4.74. The van der Waals surface area contributed by atoms with E-state index in [9.17, 15) is 9.59 Å². The summed E-state index contributed by atoms with van der Waals surface area (Å²) in [4.78, 5) is 28.2. The summed E-state index contributed by atoms with van der Waals surface area (Å²) in [6, 6.07) is 4.04. The average Bonchev–Trinajstić information content (AvgIpc) is 2.79. The van der Waals surface area contributed by atoms with Crippen molar-refractivity contribution in [3.63, 3.8) is 0 Å². The van der Waals surface area contributed by atoms with Gasteiger partial charge in [0, 0.05) is 29.8 Å². The van der Waals surface area contributed by atoms with Gasteiger partial charge in [-0.05, 0) is 74.2 Å². The van der Waals surface area contributed by atoms with Gasteiger partial charge in [0.1, 0.15) is 0 Å². The van der Waals surface area contributed by atoms with E-state index >= 15 is 0 Å². The molecule has 2 amide bonds. The largest absolute Gasteiger partial charge is 0.369 e. The maximum Gasteiger partial charge on any atom is 0.293 e. The van der Waals surface area contributed by atoms with E-state index in [1.807, 2.05) is 6.07 Å². The number of hydrogen-bond acceptors (Lipinski definition) is 4. The summed E-state index contributed by atoms with van der Waals surface area (Å²) in [5, 5.41) is 0.376. The number of likely N-dealkylation sites (N-methyl/N-ethyl adjacent to an activating group) is 1. The molecule has 6 heteroatoms. The van der Waals surface area contributed by atoms with Crippen LogP contribution in [0, 0.1) is 0 Å². The van der Waals surface area contributed by atoms with Crippen LogP contribution < -0.4 is 4.90 Å². The highest BCUT2D eigenvalue weighted by Crippen LogP contribution is 2.45. The average molecular weight is 379 g/mol. The normalized spacial score (nSPS) is 24.2. The third kappa shape index (κ3) is 3.08. The van der Waals surface area contributed by atoms with Crippen LogP contribution in [0.15, 0.2) is 17.0 Å². The van der Waals surface area contributed by atoms with E-state index in [1.165, 1.54) is 10.5 Å². The van der Waals surface area contributed by atoms with Gasteiger partial charge in [-0.1, -0.05) is 18.5 Å². The number of carbonyl (C=O) groups is 2. The Kier molecular flexibility index (Phi) is 4.67. The molecule has 1 atom stereocenters. The quantitative estimate of drug-likeness (QED) is 0.670. The second kappa shape index (κ2) is 6.36. The molecule has 0 spiro atoms. The van der Waals surface area contributed by atoms with Gasteiger partial charge in [-0.2, -0.15) is 0 Å². The zero-order chi connectivity index (χ0) is 18.5. The first-order valence-electron chi connectivity index (χ1n) is 8.48. The van der Waals surface area contributed by atoms with Crippen LogP contribution in [0.2, 0.25) is 5.02 Å².